The lowest BCUT2D eigenvalue weighted by molar-refractivity contribution is 0.276. The summed E-state index contributed by atoms with van der Waals surface area (Å²) in [5.74, 6) is 0.871. The van der Waals surface area contributed by atoms with Crippen molar-refractivity contribution in [3.05, 3.63) is 51.8 Å². The fraction of sp³-hybridized carbons (Fsp3) is 0.677. The summed E-state index contributed by atoms with van der Waals surface area (Å²) in [5.41, 5.74) is 5.57. The number of hydrogen-bond acceptors (Lipinski definition) is 4. The lowest BCUT2D eigenvalue weighted by Crippen LogP contribution is -2.24. The van der Waals surface area contributed by atoms with Crippen molar-refractivity contribution in [3.8, 4) is 5.75 Å². The van der Waals surface area contributed by atoms with Crippen molar-refractivity contribution in [2.24, 2.45) is 11.3 Å². The summed E-state index contributed by atoms with van der Waals surface area (Å²) in [6.07, 6.45) is 15.9. The Morgan fingerprint density at radius 1 is 0.829 bits per heavy atom. The summed E-state index contributed by atoms with van der Waals surface area (Å²) in [6, 6.07) is 4.29. The smallest absolute Gasteiger partial charge is 0.122 e. The molecule has 0 spiro atoms. The van der Waals surface area contributed by atoms with Crippen molar-refractivity contribution in [1.29, 1.82) is 0 Å². The summed E-state index contributed by atoms with van der Waals surface area (Å²) in [7, 11) is 0. The van der Waals surface area contributed by atoms with Crippen LogP contribution in [0.15, 0.2) is 35.1 Å². The molecular formula is C31H46O4. The van der Waals surface area contributed by atoms with Crippen LogP contribution in [0, 0.1) is 11.3 Å². The van der Waals surface area contributed by atoms with Gasteiger partial charge in [-0.05, 0) is 91.7 Å². The maximum absolute atomic E-state index is 11.6. The highest BCUT2D eigenvalue weighted by atomic mass is 16.3. The van der Waals surface area contributed by atoms with Gasteiger partial charge in [0.15, 0.2) is 0 Å². The predicted octanol–water partition coefficient (Wildman–Crippen LogP) is 6.80. The summed E-state index contributed by atoms with van der Waals surface area (Å²) >= 11 is 0. The average Bonchev–Trinajstić information content (AvgIpc) is 3.49. The average molecular weight is 483 g/mol. The first-order valence-corrected chi connectivity index (χ1v) is 14.0. The molecule has 2 saturated carbocycles. The molecule has 3 aliphatic carbocycles. The number of hydrogen-bond donors (Lipinski definition) is 4. The maximum Gasteiger partial charge on any atom is 0.122 e. The molecule has 35 heavy (non-hydrogen) atoms. The van der Waals surface area contributed by atoms with E-state index < -0.39 is 0 Å². The number of phenols is 1. The van der Waals surface area contributed by atoms with Gasteiger partial charge in [-0.3, -0.25) is 0 Å². The standard InChI is InChI=1S/C31H46O4/c1-30(11-3-4-12-30)26-19-22(9-7-15-32)17-24(28(26)34)21-25-18-23(10-8-16-33)20-27(29(25)35)31(2)13-5-6-14-31/h17,19-20,25,32-35H,3-16,18,21H2,1-2H3. The van der Waals surface area contributed by atoms with Gasteiger partial charge in [-0.25, -0.2) is 0 Å². The highest BCUT2D eigenvalue weighted by molar-refractivity contribution is 5.49. The zero-order valence-electron chi connectivity index (χ0n) is 21.9. The molecule has 4 N–H and O–H groups in total. The molecule has 4 nitrogen and oxygen atoms in total. The number of aliphatic hydroxyl groups excluding tert-OH is 3. The number of phenolic OH excluding ortho intramolecular Hbond substituents is 1. The molecule has 1 atom stereocenters. The van der Waals surface area contributed by atoms with Crippen LogP contribution in [0.2, 0.25) is 0 Å². The van der Waals surface area contributed by atoms with Gasteiger partial charge >= 0.3 is 0 Å². The molecule has 4 heteroatoms. The van der Waals surface area contributed by atoms with Gasteiger partial charge in [0.2, 0.25) is 0 Å². The Hall–Kier alpha value is -1.78. The highest BCUT2D eigenvalue weighted by Crippen LogP contribution is 2.50. The summed E-state index contributed by atoms with van der Waals surface area (Å²) in [4.78, 5) is 0. The molecule has 2 fully saturated rings. The highest BCUT2D eigenvalue weighted by Gasteiger charge is 2.38. The second kappa shape index (κ2) is 11.1. The summed E-state index contributed by atoms with van der Waals surface area (Å²) < 4.78 is 0. The van der Waals surface area contributed by atoms with E-state index in [0.717, 1.165) is 68.1 Å². The lowest BCUT2D eigenvalue weighted by atomic mass is 9.72. The van der Waals surface area contributed by atoms with Crippen LogP contribution in [0.3, 0.4) is 0 Å². The number of rotatable bonds is 10. The number of allylic oxidation sites excluding steroid dienone is 4. The van der Waals surface area contributed by atoms with Gasteiger partial charge in [0.05, 0.1) is 5.76 Å². The minimum absolute atomic E-state index is 0.00677. The Kier molecular flexibility index (Phi) is 8.33. The Labute approximate surface area is 211 Å². The summed E-state index contributed by atoms with van der Waals surface area (Å²) in [5, 5.41) is 41.9. The third-order valence-electron chi connectivity index (χ3n) is 9.23. The second-order valence-electron chi connectivity index (χ2n) is 12.0. The molecule has 0 saturated heterocycles. The zero-order valence-corrected chi connectivity index (χ0v) is 21.9. The van der Waals surface area contributed by atoms with E-state index in [4.69, 9.17) is 0 Å². The van der Waals surface area contributed by atoms with Gasteiger partial charge in [0, 0.05) is 24.7 Å². The predicted molar refractivity (Wildman–Crippen MR) is 142 cm³/mol. The van der Waals surface area contributed by atoms with Crippen LogP contribution in [0.4, 0.5) is 0 Å². The monoisotopic (exact) mass is 482 g/mol. The first-order chi connectivity index (χ1) is 16.8. The number of aliphatic hydroxyl groups is 3. The van der Waals surface area contributed by atoms with E-state index in [9.17, 15) is 20.4 Å². The van der Waals surface area contributed by atoms with E-state index in [1.807, 2.05) is 0 Å². The minimum Gasteiger partial charge on any atom is -0.512 e. The number of aromatic hydroxyl groups is 1. The second-order valence-corrected chi connectivity index (χ2v) is 12.0. The fourth-order valence-corrected chi connectivity index (χ4v) is 7.02. The van der Waals surface area contributed by atoms with Gasteiger partial charge in [-0.1, -0.05) is 63.3 Å². The van der Waals surface area contributed by atoms with Crippen LogP contribution in [-0.2, 0) is 18.3 Å². The molecule has 1 unspecified atom stereocenters. The molecule has 0 aromatic heterocycles. The van der Waals surface area contributed by atoms with Crippen LogP contribution in [0.5, 0.6) is 5.75 Å². The van der Waals surface area contributed by atoms with E-state index in [0.29, 0.717) is 24.4 Å². The Balaban J connectivity index is 1.70. The quantitative estimate of drug-likeness (QED) is 0.295. The van der Waals surface area contributed by atoms with Crippen LogP contribution in [0.1, 0.15) is 108 Å². The number of benzene rings is 1. The molecule has 1 aromatic rings. The van der Waals surface area contributed by atoms with E-state index in [1.165, 1.54) is 36.8 Å². The summed E-state index contributed by atoms with van der Waals surface area (Å²) in [6.45, 7) is 4.91. The molecule has 0 amide bonds. The normalized spacial score (nSPS) is 23.7. The Bertz CT molecular complexity index is 945. The van der Waals surface area contributed by atoms with Crippen LogP contribution in [-0.4, -0.2) is 33.6 Å². The SMILES string of the molecule is CC1(C2=C(O)C(Cc3cc(CCCO)cc(C4(C)CCCC4)c3O)CC(CCCO)=C2)CCCC1. The molecule has 0 heterocycles. The van der Waals surface area contributed by atoms with Crippen molar-refractivity contribution < 1.29 is 20.4 Å². The first-order valence-electron chi connectivity index (χ1n) is 14.0. The largest absolute Gasteiger partial charge is 0.512 e. The maximum atomic E-state index is 11.6. The molecule has 0 bridgehead atoms. The van der Waals surface area contributed by atoms with Gasteiger partial charge < -0.3 is 20.4 Å². The van der Waals surface area contributed by atoms with Crippen molar-refractivity contribution in [2.75, 3.05) is 13.2 Å². The van der Waals surface area contributed by atoms with Crippen LogP contribution >= 0.6 is 0 Å². The van der Waals surface area contributed by atoms with E-state index in [-0.39, 0.29) is 30.0 Å². The Morgan fingerprint density at radius 2 is 1.43 bits per heavy atom. The zero-order chi connectivity index (χ0) is 25.1. The Morgan fingerprint density at radius 3 is 2.06 bits per heavy atom. The third kappa shape index (κ3) is 5.64. The third-order valence-corrected chi connectivity index (χ3v) is 9.23. The molecule has 0 radical (unpaired) electrons. The van der Waals surface area contributed by atoms with Gasteiger partial charge in [0.1, 0.15) is 5.75 Å². The first kappa shape index (κ1) is 26.3. The van der Waals surface area contributed by atoms with Crippen LogP contribution < -0.4 is 0 Å². The van der Waals surface area contributed by atoms with Gasteiger partial charge in [-0.2, -0.15) is 0 Å². The van der Waals surface area contributed by atoms with Crippen molar-refractivity contribution in [2.45, 2.75) is 109 Å². The van der Waals surface area contributed by atoms with Gasteiger partial charge in [0.25, 0.3) is 0 Å². The fourth-order valence-electron chi connectivity index (χ4n) is 7.02. The molecule has 1 aromatic carbocycles. The van der Waals surface area contributed by atoms with Crippen molar-refractivity contribution in [3.63, 3.8) is 0 Å². The van der Waals surface area contributed by atoms with Crippen molar-refractivity contribution >= 4 is 0 Å². The van der Waals surface area contributed by atoms with E-state index in [1.54, 1.807) is 0 Å². The van der Waals surface area contributed by atoms with Crippen LogP contribution in [0.25, 0.3) is 0 Å². The minimum atomic E-state index is -0.0515. The molecule has 4 rings (SSSR count). The molecule has 3 aliphatic rings. The number of aryl methyl sites for hydroxylation is 1. The molecular weight excluding hydrogens is 436 g/mol. The molecule has 0 aliphatic heterocycles. The van der Waals surface area contributed by atoms with E-state index in [2.05, 4.69) is 32.1 Å². The molecule has 194 valence electrons. The van der Waals surface area contributed by atoms with Crippen molar-refractivity contribution in [1.82, 2.24) is 0 Å². The van der Waals surface area contributed by atoms with E-state index >= 15 is 0 Å². The lowest BCUT2D eigenvalue weighted by Gasteiger charge is -2.34. The topological polar surface area (TPSA) is 80.9 Å². The van der Waals surface area contributed by atoms with Gasteiger partial charge in [-0.15, -0.1) is 0 Å².